The Morgan fingerprint density at radius 1 is 0.852 bits per heavy atom. The lowest BCUT2D eigenvalue weighted by Crippen LogP contribution is -2.16. The number of halogens is 2. The number of ether oxygens (including phenoxy) is 1. The molecule has 27 heavy (non-hydrogen) atoms. The maximum Gasteiger partial charge on any atom is 0.259 e. The molecule has 0 spiro atoms. The number of carbonyl (C=O) groups is 2. The zero-order chi connectivity index (χ0) is 19.4. The van der Waals surface area contributed by atoms with Gasteiger partial charge in [0.2, 0.25) is 0 Å². The van der Waals surface area contributed by atoms with Gasteiger partial charge in [0.1, 0.15) is 5.75 Å². The first-order valence-corrected chi connectivity index (χ1v) is 8.80. The number of nitrogens with one attached hydrogen (secondary N) is 1. The number of hydrogen-bond donors (Lipinski definition) is 1. The molecule has 0 saturated heterocycles. The van der Waals surface area contributed by atoms with Crippen LogP contribution in [0.25, 0.3) is 0 Å². The molecule has 0 aliphatic carbocycles. The van der Waals surface area contributed by atoms with Crippen molar-refractivity contribution in [3.8, 4) is 5.75 Å². The highest BCUT2D eigenvalue weighted by Gasteiger charge is 2.19. The quantitative estimate of drug-likeness (QED) is 0.577. The number of ketones is 1. The Balaban J connectivity index is 1.99. The highest BCUT2D eigenvalue weighted by atomic mass is 35.5. The van der Waals surface area contributed by atoms with Gasteiger partial charge in [-0.25, -0.2) is 0 Å². The minimum Gasteiger partial charge on any atom is -0.496 e. The zero-order valence-corrected chi connectivity index (χ0v) is 15.8. The zero-order valence-electron chi connectivity index (χ0n) is 14.3. The van der Waals surface area contributed by atoms with E-state index in [1.54, 1.807) is 60.7 Å². The van der Waals surface area contributed by atoms with E-state index in [4.69, 9.17) is 27.9 Å². The number of amides is 1. The highest BCUT2D eigenvalue weighted by Crippen LogP contribution is 2.28. The lowest BCUT2D eigenvalue weighted by atomic mass is 10.0. The topological polar surface area (TPSA) is 55.4 Å². The van der Waals surface area contributed by atoms with Crippen LogP contribution >= 0.6 is 23.2 Å². The predicted molar refractivity (Wildman–Crippen MR) is 107 cm³/mol. The van der Waals surface area contributed by atoms with Gasteiger partial charge in [-0.05, 0) is 42.5 Å². The molecule has 3 rings (SSSR count). The summed E-state index contributed by atoms with van der Waals surface area (Å²) in [4.78, 5) is 25.7. The molecule has 0 radical (unpaired) electrons. The second-order valence-electron chi connectivity index (χ2n) is 5.65. The number of carbonyl (C=O) groups excluding carboxylic acids is 2. The van der Waals surface area contributed by atoms with Crippen molar-refractivity contribution in [1.82, 2.24) is 0 Å². The molecule has 3 aromatic carbocycles. The summed E-state index contributed by atoms with van der Waals surface area (Å²) >= 11 is 12.2. The maximum absolute atomic E-state index is 13.0. The molecule has 0 fully saturated rings. The number of methoxy groups -OCH3 is 1. The van der Waals surface area contributed by atoms with Gasteiger partial charge in [-0.3, -0.25) is 9.59 Å². The van der Waals surface area contributed by atoms with E-state index >= 15 is 0 Å². The third-order valence-corrected chi connectivity index (χ3v) is 4.51. The van der Waals surface area contributed by atoms with Gasteiger partial charge in [-0.1, -0.05) is 47.5 Å². The summed E-state index contributed by atoms with van der Waals surface area (Å²) in [7, 11) is 1.49. The first-order chi connectivity index (χ1) is 13.0. The molecule has 0 heterocycles. The van der Waals surface area contributed by atoms with Gasteiger partial charge in [0.15, 0.2) is 5.78 Å². The van der Waals surface area contributed by atoms with E-state index in [1.165, 1.54) is 13.2 Å². The molecule has 4 nitrogen and oxygen atoms in total. The Kier molecular flexibility index (Phi) is 5.79. The van der Waals surface area contributed by atoms with Crippen molar-refractivity contribution in [2.75, 3.05) is 12.4 Å². The van der Waals surface area contributed by atoms with Crippen molar-refractivity contribution in [2.24, 2.45) is 0 Å². The normalized spacial score (nSPS) is 10.3. The summed E-state index contributed by atoms with van der Waals surface area (Å²) in [6.07, 6.45) is 0. The van der Waals surface area contributed by atoms with Gasteiger partial charge < -0.3 is 10.1 Å². The van der Waals surface area contributed by atoms with E-state index in [0.29, 0.717) is 32.6 Å². The number of anilines is 1. The largest absolute Gasteiger partial charge is 0.496 e. The predicted octanol–water partition coefficient (Wildman–Crippen LogP) is 5.49. The molecule has 0 bridgehead atoms. The van der Waals surface area contributed by atoms with Gasteiger partial charge in [0.25, 0.3) is 5.91 Å². The lowest BCUT2D eigenvalue weighted by molar-refractivity contribution is 0.102. The van der Waals surface area contributed by atoms with E-state index in [0.717, 1.165) is 0 Å². The van der Waals surface area contributed by atoms with E-state index in [1.807, 2.05) is 0 Å². The Hall–Kier alpha value is -2.82. The van der Waals surface area contributed by atoms with E-state index in [2.05, 4.69) is 5.32 Å². The fourth-order valence-corrected chi connectivity index (χ4v) is 3.02. The van der Waals surface area contributed by atoms with Crippen LogP contribution in [0.2, 0.25) is 10.0 Å². The number of para-hydroxylation sites is 1. The van der Waals surface area contributed by atoms with Crippen LogP contribution in [0.1, 0.15) is 26.3 Å². The molecule has 6 heteroatoms. The van der Waals surface area contributed by atoms with Gasteiger partial charge in [0.05, 0.1) is 23.4 Å². The number of benzene rings is 3. The van der Waals surface area contributed by atoms with Crippen LogP contribution in [0.3, 0.4) is 0 Å². The van der Waals surface area contributed by atoms with Crippen molar-refractivity contribution in [3.05, 3.63) is 93.5 Å². The molecule has 3 aromatic rings. The first-order valence-electron chi connectivity index (χ1n) is 8.04. The average molecular weight is 400 g/mol. The summed E-state index contributed by atoms with van der Waals surface area (Å²) in [5.74, 6) is -0.302. The van der Waals surface area contributed by atoms with Crippen molar-refractivity contribution in [2.45, 2.75) is 0 Å². The molecule has 0 unspecified atom stereocenters. The highest BCUT2D eigenvalue weighted by molar-refractivity contribution is 6.36. The second-order valence-corrected chi connectivity index (χ2v) is 6.50. The number of hydrogen-bond acceptors (Lipinski definition) is 3. The molecule has 0 atom stereocenters. The van der Waals surface area contributed by atoms with Crippen LogP contribution in [0.4, 0.5) is 5.69 Å². The maximum atomic E-state index is 13.0. The van der Waals surface area contributed by atoms with Crippen LogP contribution < -0.4 is 10.1 Å². The Morgan fingerprint density at radius 3 is 2.22 bits per heavy atom. The SMILES string of the molecule is COc1ccccc1C(=O)Nc1ccc(Cl)cc1C(=O)c1ccccc1Cl. The Bertz CT molecular complexity index is 1020. The summed E-state index contributed by atoms with van der Waals surface area (Å²) < 4.78 is 5.22. The molecule has 0 saturated carbocycles. The van der Waals surface area contributed by atoms with E-state index in [9.17, 15) is 9.59 Å². The summed E-state index contributed by atoms with van der Waals surface area (Å²) in [5.41, 5.74) is 1.26. The van der Waals surface area contributed by atoms with Crippen LogP contribution in [-0.4, -0.2) is 18.8 Å². The molecule has 1 amide bonds. The smallest absolute Gasteiger partial charge is 0.259 e. The Labute approximate surface area is 166 Å². The van der Waals surface area contributed by atoms with Crippen LogP contribution in [0.15, 0.2) is 66.7 Å². The van der Waals surface area contributed by atoms with Crippen molar-refractivity contribution in [1.29, 1.82) is 0 Å². The third-order valence-electron chi connectivity index (χ3n) is 3.94. The third kappa shape index (κ3) is 4.13. The lowest BCUT2D eigenvalue weighted by Gasteiger charge is -2.13. The standard InChI is InChI=1S/C21H15Cl2NO3/c1-27-19-9-5-3-7-15(19)21(26)24-18-11-10-13(22)12-16(18)20(25)14-6-2-4-8-17(14)23/h2-12H,1H3,(H,24,26). The monoisotopic (exact) mass is 399 g/mol. The van der Waals surface area contributed by atoms with Crippen molar-refractivity contribution >= 4 is 40.6 Å². The molecule has 0 aliphatic heterocycles. The molecule has 0 aliphatic rings. The van der Waals surface area contributed by atoms with E-state index < -0.39 is 5.91 Å². The van der Waals surface area contributed by atoms with Gasteiger partial charge in [-0.2, -0.15) is 0 Å². The minimum absolute atomic E-state index is 0.249. The molecular weight excluding hydrogens is 385 g/mol. The fourth-order valence-electron chi connectivity index (χ4n) is 2.63. The van der Waals surface area contributed by atoms with Gasteiger partial charge in [0, 0.05) is 16.1 Å². The van der Waals surface area contributed by atoms with Crippen LogP contribution in [0, 0.1) is 0 Å². The van der Waals surface area contributed by atoms with E-state index in [-0.39, 0.29) is 11.3 Å². The summed E-state index contributed by atoms with van der Waals surface area (Å²) in [5, 5.41) is 3.46. The second kappa shape index (κ2) is 8.25. The van der Waals surface area contributed by atoms with Crippen LogP contribution in [-0.2, 0) is 0 Å². The first kappa shape index (κ1) is 19.0. The fraction of sp³-hybridized carbons (Fsp3) is 0.0476. The van der Waals surface area contributed by atoms with Gasteiger partial charge >= 0.3 is 0 Å². The average Bonchev–Trinajstić information content (AvgIpc) is 2.69. The Morgan fingerprint density at radius 2 is 1.52 bits per heavy atom. The molecule has 1 N–H and O–H groups in total. The molecule has 136 valence electrons. The summed E-state index contributed by atoms with van der Waals surface area (Å²) in [6.45, 7) is 0. The minimum atomic E-state index is -0.400. The van der Waals surface area contributed by atoms with Crippen LogP contribution in [0.5, 0.6) is 5.75 Å². The summed E-state index contributed by atoms with van der Waals surface area (Å²) in [6, 6.07) is 18.2. The molecular formula is C21H15Cl2NO3. The van der Waals surface area contributed by atoms with Crippen molar-refractivity contribution in [3.63, 3.8) is 0 Å². The van der Waals surface area contributed by atoms with Crippen molar-refractivity contribution < 1.29 is 14.3 Å². The molecule has 0 aromatic heterocycles. The number of rotatable bonds is 5. The van der Waals surface area contributed by atoms with Gasteiger partial charge in [-0.15, -0.1) is 0 Å².